The van der Waals surface area contributed by atoms with Gasteiger partial charge in [-0.05, 0) is 50.3 Å². The molecule has 1 saturated heterocycles. The molecule has 0 bridgehead atoms. The van der Waals surface area contributed by atoms with E-state index in [4.69, 9.17) is 4.98 Å². The predicted octanol–water partition coefficient (Wildman–Crippen LogP) is 3.69. The maximum atomic E-state index is 12.8. The van der Waals surface area contributed by atoms with Crippen LogP contribution in [0.25, 0.3) is 10.9 Å². The minimum absolute atomic E-state index is 0.0451. The van der Waals surface area contributed by atoms with Crippen LogP contribution in [0.1, 0.15) is 42.1 Å². The first-order valence-corrected chi connectivity index (χ1v) is 8.81. The number of alkyl halides is 1. The van der Waals surface area contributed by atoms with Gasteiger partial charge in [0.15, 0.2) is 0 Å². The number of aromatic nitrogens is 2. The van der Waals surface area contributed by atoms with Gasteiger partial charge in [-0.3, -0.25) is 9.36 Å². The zero-order valence-electron chi connectivity index (χ0n) is 13.4. The summed E-state index contributed by atoms with van der Waals surface area (Å²) in [5, 5.41) is 0.713. The number of nitrogens with zero attached hydrogens (tertiary/aromatic N) is 3. The minimum Gasteiger partial charge on any atom is -0.342 e. The Morgan fingerprint density at radius 3 is 2.55 bits per heavy atom. The molecular formula is C17H22BrN3O. The van der Waals surface area contributed by atoms with E-state index in [2.05, 4.69) is 33.8 Å². The summed E-state index contributed by atoms with van der Waals surface area (Å²) in [5.74, 6) is 0.801. The lowest BCUT2D eigenvalue weighted by molar-refractivity contribution is 0.558. The van der Waals surface area contributed by atoms with Gasteiger partial charge in [0.2, 0.25) is 5.95 Å². The van der Waals surface area contributed by atoms with Gasteiger partial charge < -0.3 is 4.90 Å². The van der Waals surface area contributed by atoms with E-state index in [9.17, 15) is 4.79 Å². The molecule has 5 heteroatoms. The molecule has 1 aliphatic heterocycles. The Morgan fingerprint density at radius 1 is 1.23 bits per heavy atom. The van der Waals surface area contributed by atoms with Crippen molar-refractivity contribution >= 4 is 32.8 Å². The topological polar surface area (TPSA) is 38.1 Å². The molecule has 3 rings (SSSR count). The molecule has 4 nitrogen and oxygen atoms in total. The average Bonchev–Trinajstić information content (AvgIpc) is 2.51. The largest absolute Gasteiger partial charge is 0.342 e. The van der Waals surface area contributed by atoms with Crippen LogP contribution in [-0.2, 0) is 7.05 Å². The highest BCUT2D eigenvalue weighted by Crippen LogP contribution is 2.30. The van der Waals surface area contributed by atoms with Crippen LogP contribution in [-0.4, -0.2) is 22.6 Å². The van der Waals surface area contributed by atoms with Crippen LogP contribution in [0.2, 0.25) is 0 Å². The Hall–Kier alpha value is -1.36. The van der Waals surface area contributed by atoms with Gasteiger partial charge >= 0.3 is 0 Å². The van der Waals surface area contributed by atoms with Crippen LogP contribution in [0.5, 0.6) is 0 Å². The molecular weight excluding hydrogens is 342 g/mol. The molecule has 0 amide bonds. The third-order valence-electron chi connectivity index (χ3n) is 4.40. The Labute approximate surface area is 139 Å². The Morgan fingerprint density at radius 2 is 1.91 bits per heavy atom. The monoisotopic (exact) mass is 363 g/mol. The summed E-state index contributed by atoms with van der Waals surface area (Å²) < 4.78 is 1.70. The Kier molecular flexibility index (Phi) is 4.26. The van der Waals surface area contributed by atoms with Crippen LogP contribution in [0, 0.1) is 6.92 Å². The quantitative estimate of drug-likeness (QED) is 0.763. The second-order valence-electron chi connectivity index (χ2n) is 6.19. The first-order chi connectivity index (χ1) is 10.5. The van der Waals surface area contributed by atoms with Gasteiger partial charge in [0, 0.05) is 25.0 Å². The molecule has 0 aliphatic carbocycles. The number of hydrogen-bond acceptors (Lipinski definition) is 3. The summed E-state index contributed by atoms with van der Waals surface area (Å²) in [6, 6.07) is 4.07. The summed E-state index contributed by atoms with van der Waals surface area (Å²) in [5.41, 5.74) is 3.06. The number of rotatable bonds is 2. The van der Waals surface area contributed by atoms with Crippen molar-refractivity contribution in [1.29, 1.82) is 0 Å². The molecule has 2 aromatic rings. The van der Waals surface area contributed by atoms with Gasteiger partial charge in [-0.2, -0.15) is 0 Å². The fourth-order valence-corrected chi connectivity index (χ4v) is 3.57. The molecule has 1 aromatic heterocycles. The van der Waals surface area contributed by atoms with Gasteiger partial charge in [0.05, 0.1) is 10.9 Å². The van der Waals surface area contributed by atoms with Crippen molar-refractivity contribution in [3.05, 3.63) is 33.6 Å². The van der Waals surface area contributed by atoms with Crippen LogP contribution in [0.4, 0.5) is 5.95 Å². The van der Waals surface area contributed by atoms with Crippen molar-refractivity contribution in [3.8, 4) is 0 Å². The predicted molar refractivity (Wildman–Crippen MR) is 95.1 cm³/mol. The molecule has 0 spiro atoms. The third kappa shape index (κ3) is 2.67. The normalized spacial score (nSPS) is 17.0. The minimum atomic E-state index is 0.0451. The highest BCUT2D eigenvalue weighted by molar-refractivity contribution is 9.09. The Bertz CT molecular complexity index is 761. The third-order valence-corrected chi connectivity index (χ3v) is 4.89. The number of anilines is 1. The average molecular weight is 364 g/mol. The molecule has 2 heterocycles. The van der Waals surface area contributed by atoms with Gasteiger partial charge in [0.25, 0.3) is 5.56 Å². The van der Waals surface area contributed by atoms with Gasteiger partial charge in [0.1, 0.15) is 0 Å². The van der Waals surface area contributed by atoms with Crippen molar-refractivity contribution in [1.82, 2.24) is 9.55 Å². The second-order valence-corrected chi connectivity index (χ2v) is 7.56. The number of aryl methyl sites for hydroxylation is 1. The van der Waals surface area contributed by atoms with Crippen molar-refractivity contribution < 1.29 is 0 Å². The smallest absolute Gasteiger partial charge is 0.262 e. The zero-order valence-corrected chi connectivity index (χ0v) is 15.0. The molecule has 1 unspecified atom stereocenters. The molecule has 118 valence electrons. The maximum Gasteiger partial charge on any atom is 0.262 e. The fourth-order valence-electron chi connectivity index (χ4n) is 3.22. The van der Waals surface area contributed by atoms with Crippen molar-refractivity contribution in [2.24, 2.45) is 7.05 Å². The summed E-state index contributed by atoms with van der Waals surface area (Å²) in [7, 11) is 1.83. The van der Waals surface area contributed by atoms with Gasteiger partial charge in [-0.25, -0.2) is 4.98 Å². The molecule has 0 radical (unpaired) electrons. The van der Waals surface area contributed by atoms with Crippen molar-refractivity contribution in [2.75, 3.05) is 18.0 Å². The van der Waals surface area contributed by atoms with E-state index in [1.54, 1.807) is 4.57 Å². The molecule has 1 fully saturated rings. The fraction of sp³-hybridized carbons (Fsp3) is 0.529. The molecule has 0 saturated carbocycles. The van der Waals surface area contributed by atoms with Crippen LogP contribution < -0.4 is 10.5 Å². The Balaban J connectivity index is 2.27. The number of piperidine rings is 1. The maximum absolute atomic E-state index is 12.8. The van der Waals surface area contributed by atoms with E-state index in [1.165, 1.54) is 19.3 Å². The van der Waals surface area contributed by atoms with E-state index in [0.29, 0.717) is 5.39 Å². The highest BCUT2D eigenvalue weighted by atomic mass is 79.9. The summed E-state index contributed by atoms with van der Waals surface area (Å²) in [6.45, 7) is 6.07. The van der Waals surface area contributed by atoms with Crippen molar-refractivity contribution in [2.45, 2.75) is 37.9 Å². The molecule has 1 aliphatic rings. The number of halogens is 1. The van der Waals surface area contributed by atoms with E-state index in [1.807, 2.05) is 20.0 Å². The first kappa shape index (κ1) is 15.5. The summed E-state index contributed by atoms with van der Waals surface area (Å²) in [4.78, 5) is 20.1. The van der Waals surface area contributed by atoms with Crippen molar-refractivity contribution in [3.63, 3.8) is 0 Å². The van der Waals surface area contributed by atoms with Crippen LogP contribution in [0.15, 0.2) is 16.9 Å². The van der Waals surface area contributed by atoms with E-state index < -0.39 is 0 Å². The van der Waals surface area contributed by atoms with Crippen LogP contribution in [0.3, 0.4) is 0 Å². The number of hydrogen-bond donors (Lipinski definition) is 0. The lowest BCUT2D eigenvalue weighted by atomic mass is 10.0. The standard InChI is InChI=1S/C17H22BrN3O/c1-11-9-13(12(2)18)15-14(10-11)16(22)20(3)17(19-15)21-7-5-4-6-8-21/h9-10,12H,4-8H2,1-3H3. The van der Waals surface area contributed by atoms with E-state index in [0.717, 1.165) is 35.7 Å². The number of benzene rings is 1. The summed E-state index contributed by atoms with van der Waals surface area (Å²) in [6.07, 6.45) is 3.61. The number of fused-ring (bicyclic) bond motifs is 1. The summed E-state index contributed by atoms with van der Waals surface area (Å²) >= 11 is 3.64. The molecule has 0 N–H and O–H groups in total. The van der Waals surface area contributed by atoms with E-state index >= 15 is 0 Å². The van der Waals surface area contributed by atoms with Gasteiger partial charge in [-0.1, -0.05) is 22.0 Å². The van der Waals surface area contributed by atoms with Crippen LogP contribution >= 0.6 is 15.9 Å². The lowest BCUT2D eigenvalue weighted by Gasteiger charge is -2.29. The SMILES string of the molecule is Cc1cc(C(C)Br)c2nc(N3CCCCC3)n(C)c(=O)c2c1. The van der Waals surface area contributed by atoms with Gasteiger partial charge in [-0.15, -0.1) is 0 Å². The molecule has 1 aromatic carbocycles. The zero-order chi connectivity index (χ0) is 15.9. The van der Waals surface area contributed by atoms with E-state index in [-0.39, 0.29) is 10.4 Å². The lowest BCUT2D eigenvalue weighted by Crippen LogP contribution is -2.35. The molecule has 22 heavy (non-hydrogen) atoms. The second kappa shape index (κ2) is 6.03. The highest BCUT2D eigenvalue weighted by Gasteiger charge is 2.19. The molecule has 1 atom stereocenters. The first-order valence-electron chi connectivity index (χ1n) is 7.89.